The van der Waals surface area contributed by atoms with Crippen LogP contribution >= 0.6 is 0 Å². The molecule has 0 radical (unpaired) electrons. The van der Waals surface area contributed by atoms with Crippen molar-refractivity contribution in [1.82, 2.24) is 19.1 Å². The third-order valence-corrected chi connectivity index (χ3v) is 5.83. The Kier molecular flexibility index (Phi) is 5.26. The van der Waals surface area contributed by atoms with E-state index < -0.39 is 0 Å². The molecule has 0 fully saturated rings. The molecule has 0 spiro atoms. The van der Waals surface area contributed by atoms with E-state index in [1.807, 2.05) is 108 Å². The van der Waals surface area contributed by atoms with Gasteiger partial charge in [0.25, 0.3) is 0 Å². The molecule has 2 aromatic heterocycles. The number of allylic oxidation sites excluding steroid dienone is 2. The fourth-order valence-electron chi connectivity index (χ4n) is 4.14. The Labute approximate surface area is 197 Å². The minimum atomic E-state index is 0.468. The summed E-state index contributed by atoms with van der Waals surface area (Å²) in [6.45, 7) is 0. The molecule has 5 aromatic rings. The van der Waals surface area contributed by atoms with E-state index in [0.29, 0.717) is 22.8 Å². The van der Waals surface area contributed by atoms with Crippen LogP contribution in [0.4, 0.5) is 0 Å². The highest BCUT2D eigenvalue weighted by Crippen LogP contribution is 2.25. The summed E-state index contributed by atoms with van der Waals surface area (Å²) in [5.41, 5.74) is 6.26. The van der Waals surface area contributed by atoms with E-state index in [1.54, 1.807) is 0 Å². The molecule has 5 rings (SSSR count). The van der Waals surface area contributed by atoms with Gasteiger partial charge in [0.1, 0.15) is 12.1 Å². The Balaban J connectivity index is 1.54. The van der Waals surface area contributed by atoms with Crippen molar-refractivity contribution in [3.05, 3.63) is 95.6 Å². The fourth-order valence-corrected chi connectivity index (χ4v) is 4.14. The SMILES string of the molecule is Cn1c(/C(C#N)=C/c2cccc(/C=C(\C#N)c3nc4ccccc4n3C)c2)nc2ccccc21. The van der Waals surface area contributed by atoms with Gasteiger partial charge in [-0.3, -0.25) is 0 Å². The second kappa shape index (κ2) is 8.54. The lowest BCUT2D eigenvalue weighted by Crippen LogP contribution is -1.96. The second-order valence-corrected chi connectivity index (χ2v) is 7.98. The summed E-state index contributed by atoms with van der Waals surface area (Å²) in [7, 11) is 3.82. The molecule has 0 N–H and O–H groups in total. The van der Waals surface area contributed by atoms with Crippen LogP contribution in [0, 0.1) is 22.7 Å². The van der Waals surface area contributed by atoms with E-state index in [0.717, 1.165) is 33.2 Å². The minimum absolute atomic E-state index is 0.468. The van der Waals surface area contributed by atoms with Crippen LogP contribution in [0.25, 0.3) is 45.4 Å². The number of benzene rings is 3. The van der Waals surface area contributed by atoms with Crippen LogP contribution < -0.4 is 0 Å². The Morgan fingerprint density at radius 1 is 0.676 bits per heavy atom. The van der Waals surface area contributed by atoms with Crippen LogP contribution in [0.15, 0.2) is 72.8 Å². The van der Waals surface area contributed by atoms with Crippen LogP contribution in [0.5, 0.6) is 0 Å². The van der Waals surface area contributed by atoms with Crippen molar-refractivity contribution >= 4 is 45.4 Å². The van der Waals surface area contributed by atoms with Gasteiger partial charge in [0.15, 0.2) is 11.6 Å². The molecule has 0 aliphatic carbocycles. The zero-order valence-electron chi connectivity index (χ0n) is 18.8. The van der Waals surface area contributed by atoms with Crippen molar-refractivity contribution in [2.24, 2.45) is 14.1 Å². The van der Waals surface area contributed by atoms with Crippen LogP contribution in [0.2, 0.25) is 0 Å². The maximum Gasteiger partial charge on any atom is 0.151 e. The molecule has 3 aromatic carbocycles. The molecule has 6 heteroatoms. The zero-order chi connectivity index (χ0) is 23.7. The number of hydrogen-bond acceptors (Lipinski definition) is 4. The molecule has 0 atom stereocenters. The Morgan fingerprint density at radius 2 is 1.12 bits per heavy atom. The van der Waals surface area contributed by atoms with E-state index in [2.05, 4.69) is 22.1 Å². The van der Waals surface area contributed by atoms with Gasteiger partial charge in [-0.1, -0.05) is 42.5 Å². The summed E-state index contributed by atoms with van der Waals surface area (Å²) in [4.78, 5) is 9.28. The number of rotatable bonds is 4. The van der Waals surface area contributed by atoms with Gasteiger partial charge in [-0.15, -0.1) is 0 Å². The number of para-hydroxylation sites is 4. The van der Waals surface area contributed by atoms with Crippen molar-refractivity contribution < 1.29 is 0 Å². The monoisotopic (exact) mass is 440 g/mol. The van der Waals surface area contributed by atoms with Gasteiger partial charge in [-0.2, -0.15) is 10.5 Å². The molecule has 0 aliphatic heterocycles. The molecule has 0 unspecified atom stereocenters. The minimum Gasteiger partial charge on any atom is -0.327 e. The normalized spacial score (nSPS) is 12.1. The fraction of sp³-hybridized carbons (Fsp3) is 0.0714. The van der Waals surface area contributed by atoms with E-state index in [-0.39, 0.29) is 0 Å². The first kappa shape index (κ1) is 20.9. The quantitative estimate of drug-likeness (QED) is 0.341. The predicted octanol–water partition coefficient (Wildman–Crippen LogP) is 5.59. The molecular formula is C28H20N6. The smallest absolute Gasteiger partial charge is 0.151 e. The largest absolute Gasteiger partial charge is 0.327 e. The zero-order valence-corrected chi connectivity index (χ0v) is 18.8. The van der Waals surface area contributed by atoms with Gasteiger partial charge in [0, 0.05) is 14.1 Å². The van der Waals surface area contributed by atoms with E-state index in [9.17, 15) is 10.5 Å². The first-order valence-electron chi connectivity index (χ1n) is 10.8. The van der Waals surface area contributed by atoms with Crippen molar-refractivity contribution in [3.63, 3.8) is 0 Å². The molecule has 0 aliphatic rings. The first-order valence-corrected chi connectivity index (χ1v) is 10.8. The standard InChI is InChI=1S/C28H20N6/c1-33-25-12-5-3-10-23(25)31-27(33)21(17-29)15-19-8-7-9-20(14-19)16-22(18-30)28-32-24-11-4-6-13-26(24)34(28)2/h3-16H,1-2H3/b21-15+,22-16+. The van der Waals surface area contributed by atoms with Gasteiger partial charge < -0.3 is 9.13 Å². The van der Waals surface area contributed by atoms with Crippen molar-refractivity contribution in [1.29, 1.82) is 10.5 Å². The maximum atomic E-state index is 9.85. The molecule has 162 valence electrons. The highest BCUT2D eigenvalue weighted by atomic mass is 15.1. The highest BCUT2D eigenvalue weighted by molar-refractivity contribution is 5.93. The van der Waals surface area contributed by atoms with Crippen molar-refractivity contribution in [2.45, 2.75) is 0 Å². The number of aryl methyl sites for hydroxylation is 2. The Hall–Kier alpha value is -4.94. The van der Waals surface area contributed by atoms with Crippen molar-refractivity contribution in [3.8, 4) is 12.1 Å². The summed E-state index contributed by atoms with van der Waals surface area (Å²) in [6, 6.07) is 27.9. The molecule has 0 saturated carbocycles. The summed E-state index contributed by atoms with van der Waals surface area (Å²) >= 11 is 0. The van der Waals surface area contributed by atoms with Gasteiger partial charge in [0.2, 0.25) is 0 Å². The number of fused-ring (bicyclic) bond motifs is 2. The molecule has 0 saturated heterocycles. The average Bonchev–Trinajstić information content (AvgIpc) is 3.38. The van der Waals surface area contributed by atoms with Crippen LogP contribution in [0.1, 0.15) is 22.8 Å². The lowest BCUT2D eigenvalue weighted by atomic mass is 10.1. The summed E-state index contributed by atoms with van der Waals surface area (Å²) in [6.07, 6.45) is 3.64. The summed E-state index contributed by atoms with van der Waals surface area (Å²) < 4.78 is 3.85. The lowest BCUT2D eigenvalue weighted by molar-refractivity contribution is 0.925. The van der Waals surface area contributed by atoms with Gasteiger partial charge in [0.05, 0.1) is 33.2 Å². The number of nitriles is 2. The van der Waals surface area contributed by atoms with E-state index in [4.69, 9.17) is 0 Å². The predicted molar refractivity (Wildman–Crippen MR) is 135 cm³/mol. The third-order valence-electron chi connectivity index (χ3n) is 5.83. The Morgan fingerprint density at radius 3 is 1.53 bits per heavy atom. The third kappa shape index (κ3) is 3.64. The van der Waals surface area contributed by atoms with Crippen molar-refractivity contribution in [2.75, 3.05) is 0 Å². The molecule has 2 heterocycles. The number of aromatic nitrogens is 4. The van der Waals surface area contributed by atoms with E-state index in [1.165, 1.54) is 0 Å². The van der Waals surface area contributed by atoms with Gasteiger partial charge in [-0.05, 0) is 53.6 Å². The number of imidazole rings is 2. The number of hydrogen-bond donors (Lipinski definition) is 0. The van der Waals surface area contributed by atoms with Crippen LogP contribution in [-0.2, 0) is 14.1 Å². The highest BCUT2D eigenvalue weighted by Gasteiger charge is 2.13. The summed E-state index contributed by atoms with van der Waals surface area (Å²) in [5, 5.41) is 19.7. The molecule has 0 amide bonds. The Bertz CT molecular complexity index is 1580. The van der Waals surface area contributed by atoms with E-state index >= 15 is 0 Å². The second-order valence-electron chi connectivity index (χ2n) is 7.98. The van der Waals surface area contributed by atoms with Gasteiger partial charge in [-0.25, -0.2) is 9.97 Å². The molecule has 34 heavy (non-hydrogen) atoms. The number of nitrogens with zero attached hydrogens (tertiary/aromatic N) is 6. The van der Waals surface area contributed by atoms with Crippen LogP contribution in [0.3, 0.4) is 0 Å². The van der Waals surface area contributed by atoms with Gasteiger partial charge >= 0.3 is 0 Å². The molecule has 6 nitrogen and oxygen atoms in total. The lowest BCUT2D eigenvalue weighted by Gasteiger charge is -2.03. The topological polar surface area (TPSA) is 83.2 Å². The molecule has 0 bridgehead atoms. The molecular weight excluding hydrogens is 420 g/mol. The maximum absolute atomic E-state index is 9.85. The summed E-state index contributed by atoms with van der Waals surface area (Å²) in [5.74, 6) is 1.23. The first-order chi connectivity index (χ1) is 16.6. The van der Waals surface area contributed by atoms with Crippen LogP contribution in [-0.4, -0.2) is 19.1 Å². The average molecular weight is 441 g/mol.